The zero-order valence-corrected chi connectivity index (χ0v) is 9.16. The van der Waals surface area contributed by atoms with Gasteiger partial charge in [-0.25, -0.2) is 0 Å². The van der Waals surface area contributed by atoms with Crippen LogP contribution in [0.5, 0.6) is 11.5 Å². The van der Waals surface area contributed by atoms with E-state index in [1.54, 1.807) is 13.2 Å². The van der Waals surface area contributed by atoms with Gasteiger partial charge >= 0.3 is 0 Å². The van der Waals surface area contributed by atoms with Gasteiger partial charge < -0.3 is 15.6 Å². The average molecular weight is 207 g/mol. The molecule has 0 spiro atoms. The Morgan fingerprint density at radius 1 is 1.47 bits per heavy atom. The lowest BCUT2D eigenvalue weighted by atomic mass is 9.88. The van der Waals surface area contributed by atoms with Crippen LogP contribution in [0, 0.1) is 5.92 Å². The average Bonchev–Trinajstić information content (AvgIpc) is 3.01. The largest absolute Gasteiger partial charge is 0.504 e. The van der Waals surface area contributed by atoms with E-state index in [-0.39, 0.29) is 11.3 Å². The second-order valence-electron chi connectivity index (χ2n) is 4.44. The highest BCUT2D eigenvalue weighted by molar-refractivity contribution is 5.44. The molecular weight excluding hydrogens is 190 g/mol. The van der Waals surface area contributed by atoms with Crippen LogP contribution in [0.15, 0.2) is 18.2 Å². The molecule has 0 radical (unpaired) electrons. The third kappa shape index (κ3) is 1.79. The van der Waals surface area contributed by atoms with E-state index in [9.17, 15) is 5.11 Å². The van der Waals surface area contributed by atoms with Crippen molar-refractivity contribution >= 4 is 0 Å². The van der Waals surface area contributed by atoms with E-state index in [0.29, 0.717) is 11.7 Å². The number of rotatable bonds is 3. The van der Waals surface area contributed by atoms with Crippen molar-refractivity contribution in [2.75, 3.05) is 7.11 Å². The van der Waals surface area contributed by atoms with Crippen LogP contribution in [-0.2, 0) is 5.54 Å². The number of hydrogen-bond acceptors (Lipinski definition) is 3. The van der Waals surface area contributed by atoms with E-state index in [1.165, 1.54) is 12.8 Å². The van der Waals surface area contributed by atoms with E-state index in [2.05, 4.69) is 0 Å². The molecule has 1 aliphatic rings. The lowest BCUT2D eigenvalue weighted by Crippen LogP contribution is -2.35. The number of phenolic OH excluding ortho intramolecular Hbond substituents is 1. The second-order valence-corrected chi connectivity index (χ2v) is 4.44. The minimum Gasteiger partial charge on any atom is -0.504 e. The lowest BCUT2D eigenvalue weighted by molar-refractivity contribution is 0.367. The number of aromatic hydroxyl groups is 1. The highest BCUT2D eigenvalue weighted by atomic mass is 16.5. The highest BCUT2D eigenvalue weighted by Crippen LogP contribution is 2.45. The molecule has 1 unspecified atom stereocenters. The predicted octanol–water partition coefficient (Wildman–Crippen LogP) is 1.98. The van der Waals surface area contributed by atoms with Crippen LogP contribution in [-0.4, -0.2) is 12.2 Å². The number of methoxy groups -OCH3 is 1. The Balaban J connectivity index is 2.35. The summed E-state index contributed by atoms with van der Waals surface area (Å²) in [7, 11) is 1.55. The van der Waals surface area contributed by atoms with Gasteiger partial charge in [0.25, 0.3) is 0 Å². The minimum atomic E-state index is -0.305. The third-order valence-corrected chi connectivity index (χ3v) is 3.23. The van der Waals surface area contributed by atoms with Crippen molar-refractivity contribution in [2.45, 2.75) is 25.3 Å². The van der Waals surface area contributed by atoms with Crippen molar-refractivity contribution < 1.29 is 9.84 Å². The standard InChI is InChI=1S/C12H17NO2/c1-12(13,8-3-4-8)9-5-6-10(14)11(7-9)15-2/h5-8,14H,3-4,13H2,1-2H3. The fourth-order valence-corrected chi connectivity index (χ4v) is 1.93. The summed E-state index contributed by atoms with van der Waals surface area (Å²) >= 11 is 0. The van der Waals surface area contributed by atoms with Gasteiger partial charge in [-0.3, -0.25) is 0 Å². The van der Waals surface area contributed by atoms with Gasteiger partial charge in [0.05, 0.1) is 7.11 Å². The van der Waals surface area contributed by atoms with Crippen LogP contribution < -0.4 is 10.5 Å². The normalized spacial score (nSPS) is 19.7. The fourth-order valence-electron chi connectivity index (χ4n) is 1.93. The zero-order chi connectivity index (χ0) is 11.1. The molecule has 1 fully saturated rings. The second kappa shape index (κ2) is 3.42. The molecule has 0 saturated heterocycles. The van der Waals surface area contributed by atoms with Crippen molar-refractivity contribution in [1.29, 1.82) is 0 Å². The van der Waals surface area contributed by atoms with E-state index in [4.69, 9.17) is 10.5 Å². The van der Waals surface area contributed by atoms with E-state index in [1.807, 2.05) is 19.1 Å². The number of phenols is 1. The van der Waals surface area contributed by atoms with Crippen LogP contribution in [0.3, 0.4) is 0 Å². The SMILES string of the molecule is COc1cc(C(C)(N)C2CC2)ccc1O. The summed E-state index contributed by atoms with van der Waals surface area (Å²) in [5, 5.41) is 9.49. The molecule has 0 bridgehead atoms. The van der Waals surface area contributed by atoms with Crippen LogP contribution >= 0.6 is 0 Å². The topological polar surface area (TPSA) is 55.5 Å². The summed E-state index contributed by atoms with van der Waals surface area (Å²) in [6.07, 6.45) is 2.38. The summed E-state index contributed by atoms with van der Waals surface area (Å²) < 4.78 is 5.08. The maximum Gasteiger partial charge on any atom is 0.160 e. The highest BCUT2D eigenvalue weighted by Gasteiger charge is 2.39. The van der Waals surface area contributed by atoms with Gasteiger partial charge in [0, 0.05) is 5.54 Å². The molecule has 15 heavy (non-hydrogen) atoms. The lowest BCUT2D eigenvalue weighted by Gasteiger charge is -2.25. The Kier molecular flexibility index (Phi) is 2.35. The first-order valence-electron chi connectivity index (χ1n) is 5.22. The van der Waals surface area contributed by atoms with Crippen LogP contribution in [0.1, 0.15) is 25.3 Å². The molecule has 1 atom stereocenters. The Labute approximate surface area is 89.9 Å². The van der Waals surface area contributed by atoms with Crippen molar-refractivity contribution in [2.24, 2.45) is 11.7 Å². The van der Waals surface area contributed by atoms with Crippen molar-refractivity contribution in [3.05, 3.63) is 23.8 Å². The van der Waals surface area contributed by atoms with Gasteiger partial charge in [-0.15, -0.1) is 0 Å². The van der Waals surface area contributed by atoms with Gasteiger partial charge in [-0.1, -0.05) is 6.07 Å². The monoisotopic (exact) mass is 207 g/mol. The molecule has 0 aromatic heterocycles. The molecule has 0 aliphatic heterocycles. The minimum absolute atomic E-state index is 0.160. The number of hydrogen-bond donors (Lipinski definition) is 2. The van der Waals surface area contributed by atoms with Crippen molar-refractivity contribution in [1.82, 2.24) is 0 Å². The Hall–Kier alpha value is -1.22. The maximum atomic E-state index is 9.49. The Morgan fingerprint density at radius 3 is 2.67 bits per heavy atom. The molecule has 1 aromatic rings. The molecule has 1 aromatic carbocycles. The molecule has 2 rings (SSSR count). The zero-order valence-electron chi connectivity index (χ0n) is 9.16. The third-order valence-electron chi connectivity index (χ3n) is 3.23. The van der Waals surface area contributed by atoms with Crippen LogP contribution in [0.2, 0.25) is 0 Å². The Morgan fingerprint density at radius 2 is 2.13 bits per heavy atom. The maximum absolute atomic E-state index is 9.49. The Bertz CT molecular complexity index is 370. The summed E-state index contributed by atoms with van der Waals surface area (Å²) in [6.45, 7) is 2.04. The van der Waals surface area contributed by atoms with Crippen molar-refractivity contribution in [3.8, 4) is 11.5 Å². The first kappa shape index (κ1) is 10.3. The quantitative estimate of drug-likeness (QED) is 0.796. The molecule has 1 aliphatic carbocycles. The van der Waals surface area contributed by atoms with Crippen LogP contribution in [0.4, 0.5) is 0 Å². The molecule has 0 amide bonds. The van der Waals surface area contributed by atoms with Gasteiger partial charge in [-0.2, -0.15) is 0 Å². The number of nitrogens with two attached hydrogens (primary N) is 1. The summed E-state index contributed by atoms with van der Waals surface area (Å²) in [5.41, 5.74) is 7.00. The smallest absolute Gasteiger partial charge is 0.160 e. The van der Waals surface area contributed by atoms with Gasteiger partial charge in [-0.05, 0) is 43.4 Å². The van der Waals surface area contributed by atoms with E-state index < -0.39 is 0 Å². The van der Waals surface area contributed by atoms with E-state index in [0.717, 1.165) is 5.56 Å². The van der Waals surface area contributed by atoms with E-state index >= 15 is 0 Å². The summed E-state index contributed by atoms with van der Waals surface area (Å²) in [5.74, 6) is 1.21. The summed E-state index contributed by atoms with van der Waals surface area (Å²) in [6, 6.07) is 5.34. The summed E-state index contributed by atoms with van der Waals surface area (Å²) in [4.78, 5) is 0. The first-order valence-corrected chi connectivity index (χ1v) is 5.22. The molecule has 3 N–H and O–H groups in total. The van der Waals surface area contributed by atoms with Crippen LogP contribution in [0.25, 0.3) is 0 Å². The predicted molar refractivity (Wildman–Crippen MR) is 58.9 cm³/mol. The molecule has 0 heterocycles. The van der Waals surface area contributed by atoms with Gasteiger partial charge in [0.2, 0.25) is 0 Å². The van der Waals surface area contributed by atoms with Gasteiger partial charge in [0.1, 0.15) is 0 Å². The van der Waals surface area contributed by atoms with Crippen molar-refractivity contribution in [3.63, 3.8) is 0 Å². The molecule has 1 saturated carbocycles. The fraction of sp³-hybridized carbons (Fsp3) is 0.500. The molecule has 3 nitrogen and oxygen atoms in total. The molecule has 82 valence electrons. The molecule has 3 heteroatoms. The number of ether oxygens (including phenoxy) is 1. The number of benzene rings is 1. The molecular formula is C12H17NO2. The first-order chi connectivity index (χ1) is 7.05. The van der Waals surface area contributed by atoms with Gasteiger partial charge in [0.15, 0.2) is 11.5 Å².